The van der Waals surface area contributed by atoms with Crippen molar-refractivity contribution >= 4 is 40.1 Å². The largest absolute Gasteiger partial charge is 0.344 e. The molecule has 5 nitrogen and oxygen atoms in total. The molecular weight excluding hydrogens is 362 g/mol. The van der Waals surface area contributed by atoms with Crippen molar-refractivity contribution in [1.29, 1.82) is 0 Å². The first-order chi connectivity index (χ1) is 12.3. The fraction of sp³-hybridized carbons (Fsp3) is 0.333. The summed E-state index contributed by atoms with van der Waals surface area (Å²) in [5.74, 6) is -0.00881. The summed E-state index contributed by atoms with van der Waals surface area (Å²) in [7, 11) is 1.80. The maximum absolute atomic E-state index is 12.9. The molecule has 0 saturated heterocycles. The Kier molecular flexibility index (Phi) is 6.29. The highest BCUT2D eigenvalue weighted by atomic mass is 35.5. The second-order valence-electron chi connectivity index (χ2n) is 7.57. The van der Waals surface area contributed by atoms with Crippen LogP contribution in [-0.4, -0.2) is 35.5 Å². The number of benzene rings is 2. The van der Waals surface area contributed by atoms with Gasteiger partial charge in [0.05, 0.1) is 11.0 Å². The lowest BCUT2D eigenvalue weighted by Crippen LogP contribution is -2.41. The van der Waals surface area contributed by atoms with Gasteiger partial charge >= 0.3 is 0 Å². The van der Waals surface area contributed by atoms with E-state index in [0.717, 1.165) is 11.0 Å². The number of para-hydroxylation sites is 2. The van der Waals surface area contributed by atoms with Crippen LogP contribution in [0.3, 0.4) is 0 Å². The van der Waals surface area contributed by atoms with Gasteiger partial charge in [0.25, 0.3) is 0 Å². The lowest BCUT2D eigenvalue weighted by Gasteiger charge is -2.29. The number of rotatable bonds is 5. The zero-order valence-electron chi connectivity index (χ0n) is 15.9. The number of likely N-dealkylation sites (N-methyl/N-ethyl adjacent to an activating group) is 1. The van der Waals surface area contributed by atoms with Gasteiger partial charge in [0, 0.05) is 24.4 Å². The molecule has 0 aliphatic heterocycles. The van der Waals surface area contributed by atoms with E-state index < -0.39 is 0 Å². The fourth-order valence-electron chi connectivity index (χ4n) is 3.30. The molecule has 0 fully saturated rings. The van der Waals surface area contributed by atoms with Crippen LogP contribution in [-0.2, 0) is 11.3 Å². The van der Waals surface area contributed by atoms with E-state index in [0.29, 0.717) is 23.9 Å². The van der Waals surface area contributed by atoms with E-state index in [2.05, 4.69) is 0 Å². The average molecular weight is 388 g/mol. The van der Waals surface area contributed by atoms with Crippen molar-refractivity contribution < 1.29 is 4.79 Å². The SMILES string of the molecule is CN(CC(C)(C)CN)C(=O)Cn1c2ccccc2c(=O)c2ccccc21.Cl. The Morgan fingerprint density at radius 1 is 1.04 bits per heavy atom. The molecule has 0 radical (unpaired) electrons. The molecule has 0 aliphatic rings. The highest BCUT2D eigenvalue weighted by molar-refractivity contribution is 5.94. The number of hydrogen-bond donors (Lipinski definition) is 1. The number of carbonyl (C=O) groups is 1. The van der Waals surface area contributed by atoms with Crippen molar-refractivity contribution in [3.63, 3.8) is 0 Å². The van der Waals surface area contributed by atoms with Crippen molar-refractivity contribution in [3.05, 3.63) is 58.8 Å². The summed E-state index contributed by atoms with van der Waals surface area (Å²) >= 11 is 0. The summed E-state index contributed by atoms with van der Waals surface area (Å²) < 4.78 is 1.93. The molecule has 1 amide bonds. The Morgan fingerprint density at radius 3 is 2.00 bits per heavy atom. The molecule has 3 aromatic rings. The number of aromatic nitrogens is 1. The predicted molar refractivity (Wildman–Crippen MR) is 113 cm³/mol. The van der Waals surface area contributed by atoms with Crippen molar-refractivity contribution in [2.24, 2.45) is 11.1 Å². The van der Waals surface area contributed by atoms with E-state index in [1.165, 1.54) is 0 Å². The molecule has 144 valence electrons. The number of carbonyl (C=O) groups excluding carboxylic acids is 1. The third-order valence-electron chi connectivity index (χ3n) is 4.82. The minimum Gasteiger partial charge on any atom is -0.344 e. The predicted octanol–water partition coefficient (Wildman–Crippen LogP) is 3.02. The maximum atomic E-state index is 12.9. The topological polar surface area (TPSA) is 68.3 Å². The Bertz CT molecular complexity index is 967. The number of halogens is 1. The summed E-state index contributed by atoms with van der Waals surface area (Å²) in [6.45, 7) is 5.35. The van der Waals surface area contributed by atoms with E-state index in [-0.39, 0.29) is 35.7 Å². The standard InChI is InChI=1S/C21H25N3O2.ClH/c1-21(2,13-22)14-23(3)19(25)12-24-17-10-6-4-8-15(17)20(26)16-9-5-7-11-18(16)24;/h4-11H,12-14,22H2,1-3H3;1H. The second-order valence-corrected chi connectivity index (χ2v) is 7.57. The third kappa shape index (κ3) is 4.15. The Hall–Kier alpha value is -2.37. The average Bonchev–Trinajstić information content (AvgIpc) is 2.64. The molecule has 0 atom stereocenters. The first-order valence-electron chi connectivity index (χ1n) is 8.78. The third-order valence-corrected chi connectivity index (χ3v) is 4.82. The lowest BCUT2D eigenvalue weighted by molar-refractivity contribution is -0.131. The van der Waals surface area contributed by atoms with E-state index in [1.54, 1.807) is 11.9 Å². The zero-order valence-corrected chi connectivity index (χ0v) is 16.8. The zero-order chi connectivity index (χ0) is 18.9. The number of amides is 1. The van der Waals surface area contributed by atoms with Gasteiger partial charge < -0.3 is 15.2 Å². The number of hydrogen-bond acceptors (Lipinski definition) is 3. The number of nitrogens with two attached hydrogens (primary N) is 1. The van der Waals surface area contributed by atoms with Crippen molar-refractivity contribution in [1.82, 2.24) is 9.47 Å². The minimum absolute atomic E-state index is 0. The van der Waals surface area contributed by atoms with Gasteiger partial charge in [0.2, 0.25) is 5.91 Å². The normalized spacial score (nSPS) is 11.4. The Morgan fingerprint density at radius 2 is 1.52 bits per heavy atom. The smallest absolute Gasteiger partial charge is 0.242 e. The van der Waals surface area contributed by atoms with Crippen molar-refractivity contribution in [3.8, 4) is 0 Å². The van der Waals surface area contributed by atoms with Gasteiger partial charge in [0.15, 0.2) is 5.43 Å². The first kappa shape index (κ1) is 20.9. The summed E-state index contributed by atoms with van der Waals surface area (Å²) in [5, 5.41) is 1.26. The van der Waals surface area contributed by atoms with E-state index in [9.17, 15) is 9.59 Å². The van der Waals surface area contributed by atoms with Crippen LogP contribution in [0.1, 0.15) is 13.8 Å². The minimum atomic E-state index is -0.141. The molecule has 1 heterocycles. The van der Waals surface area contributed by atoms with Crippen LogP contribution in [0.15, 0.2) is 53.3 Å². The van der Waals surface area contributed by atoms with Crippen molar-refractivity contribution in [2.45, 2.75) is 20.4 Å². The second kappa shape index (κ2) is 8.11. The highest BCUT2D eigenvalue weighted by Gasteiger charge is 2.22. The van der Waals surface area contributed by atoms with E-state index in [4.69, 9.17) is 5.73 Å². The lowest BCUT2D eigenvalue weighted by atomic mass is 9.93. The summed E-state index contributed by atoms with van der Waals surface area (Å²) in [5.41, 5.74) is 7.20. The monoisotopic (exact) mass is 387 g/mol. The van der Waals surface area contributed by atoms with Gasteiger partial charge in [-0.2, -0.15) is 0 Å². The molecule has 2 N–H and O–H groups in total. The van der Waals surface area contributed by atoms with E-state index >= 15 is 0 Å². The molecule has 0 unspecified atom stereocenters. The van der Waals surface area contributed by atoms with Gasteiger partial charge in [-0.25, -0.2) is 0 Å². The van der Waals surface area contributed by atoms with Crippen LogP contribution in [0.4, 0.5) is 0 Å². The van der Waals surface area contributed by atoms with Gasteiger partial charge in [-0.3, -0.25) is 9.59 Å². The summed E-state index contributed by atoms with van der Waals surface area (Å²) in [6, 6.07) is 14.9. The first-order valence-corrected chi connectivity index (χ1v) is 8.78. The number of nitrogens with zero attached hydrogens (tertiary/aromatic N) is 2. The molecule has 27 heavy (non-hydrogen) atoms. The van der Waals surface area contributed by atoms with E-state index in [1.807, 2.05) is 66.9 Å². The van der Waals surface area contributed by atoms with Gasteiger partial charge in [0.1, 0.15) is 6.54 Å². The molecule has 6 heteroatoms. The van der Waals surface area contributed by atoms with Crippen LogP contribution in [0.5, 0.6) is 0 Å². The molecule has 0 aliphatic carbocycles. The van der Waals surface area contributed by atoms with Crippen LogP contribution in [0.2, 0.25) is 0 Å². The van der Waals surface area contributed by atoms with Gasteiger partial charge in [-0.1, -0.05) is 38.1 Å². The summed E-state index contributed by atoms with van der Waals surface area (Å²) in [4.78, 5) is 27.3. The number of fused-ring (bicyclic) bond motifs is 2. The van der Waals surface area contributed by atoms with Gasteiger partial charge in [-0.15, -0.1) is 12.4 Å². The number of pyridine rings is 1. The molecular formula is C21H26ClN3O2. The van der Waals surface area contributed by atoms with Crippen LogP contribution in [0.25, 0.3) is 21.8 Å². The summed E-state index contributed by atoms with van der Waals surface area (Å²) in [6.07, 6.45) is 0. The van der Waals surface area contributed by atoms with Crippen LogP contribution in [0, 0.1) is 5.41 Å². The molecule has 3 rings (SSSR count). The molecule has 2 aromatic carbocycles. The highest BCUT2D eigenvalue weighted by Crippen LogP contribution is 2.20. The van der Waals surface area contributed by atoms with Crippen molar-refractivity contribution in [2.75, 3.05) is 20.1 Å². The van der Waals surface area contributed by atoms with Gasteiger partial charge in [-0.05, 0) is 36.2 Å². The van der Waals surface area contributed by atoms with Crippen LogP contribution < -0.4 is 11.2 Å². The molecule has 0 saturated carbocycles. The Labute approximate surface area is 165 Å². The molecule has 0 spiro atoms. The fourth-order valence-corrected chi connectivity index (χ4v) is 3.30. The maximum Gasteiger partial charge on any atom is 0.242 e. The quantitative estimate of drug-likeness (QED) is 0.684. The molecule has 0 bridgehead atoms. The van der Waals surface area contributed by atoms with Crippen LogP contribution >= 0.6 is 12.4 Å². The Balaban J connectivity index is 0.00000261. The molecule has 1 aromatic heterocycles.